The minimum Gasteiger partial charge on any atom is -0.328 e. The topological polar surface area (TPSA) is 50.2 Å². The summed E-state index contributed by atoms with van der Waals surface area (Å²) in [5.74, 6) is -0.571. The fourth-order valence-electron chi connectivity index (χ4n) is 2.75. The summed E-state index contributed by atoms with van der Waals surface area (Å²) in [5.41, 5.74) is 1.48. The first-order valence-corrected chi connectivity index (χ1v) is 6.84. The van der Waals surface area contributed by atoms with E-state index in [1.165, 1.54) is 18.2 Å². The zero-order valence-corrected chi connectivity index (χ0v) is 12.0. The highest BCUT2D eigenvalue weighted by molar-refractivity contribution is 5.79. The zero-order valence-electron chi connectivity index (χ0n) is 12.0. The second kappa shape index (κ2) is 4.86. The van der Waals surface area contributed by atoms with E-state index in [-0.39, 0.29) is 22.6 Å². The minimum atomic E-state index is -4.28. The van der Waals surface area contributed by atoms with Crippen molar-refractivity contribution in [3.05, 3.63) is 45.9 Å². The number of aromatic amines is 1. The summed E-state index contributed by atoms with van der Waals surface area (Å²) < 4.78 is 39.2. The first kappa shape index (κ1) is 14.6. The van der Waals surface area contributed by atoms with Crippen LogP contribution in [-0.2, 0) is 0 Å². The first-order valence-electron chi connectivity index (χ1n) is 6.84. The summed E-state index contributed by atoms with van der Waals surface area (Å²) in [7, 11) is 0. The Morgan fingerprint density at radius 2 is 2.00 bits per heavy atom. The van der Waals surface area contributed by atoms with Crippen LogP contribution in [0.3, 0.4) is 0 Å². The Bertz CT molecular complexity index is 908. The molecule has 0 aliphatic heterocycles. The molecule has 0 bridgehead atoms. The molecule has 0 amide bonds. The molecule has 3 aromatic rings. The van der Waals surface area contributed by atoms with Crippen LogP contribution in [0.4, 0.5) is 13.2 Å². The predicted molar refractivity (Wildman–Crippen MR) is 77.1 cm³/mol. The van der Waals surface area contributed by atoms with Gasteiger partial charge < -0.3 is 4.98 Å². The van der Waals surface area contributed by atoms with Crippen LogP contribution >= 0.6 is 0 Å². The Morgan fingerprint density at radius 3 is 2.68 bits per heavy atom. The first-order chi connectivity index (χ1) is 10.3. The van der Waals surface area contributed by atoms with Gasteiger partial charge in [0.1, 0.15) is 0 Å². The third-order valence-electron chi connectivity index (χ3n) is 3.77. The highest BCUT2D eigenvalue weighted by atomic mass is 19.4. The van der Waals surface area contributed by atoms with E-state index in [9.17, 15) is 18.0 Å². The Morgan fingerprint density at radius 1 is 1.32 bits per heavy atom. The van der Waals surface area contributed by atoms with Gasteiger partial charge in [0.25, 0.3) is 5.56 Å². The van der Waals surface area contributed by atoms with E-state index < -0.39 is 18.5 Å². The van der Waals surface area contributed by atoms with Crippen molar-refractivity contribution < 1.29 is 13.2 Å². The van der Waals surface area contributed by atoms with E-state index in [1.54, 1.807) is 24.3 Å². The number of fused-ring (bicyclic) bond motifs is 3. The number of alkyl halides is 3. The summed E-state index contributed by atoms with van der Waals surface area (Å²) in [6, 6.07) is 7.08. The van der Waals surface area contributed by atoms with E-state index in [0.29, 0.717) is 11.0 Å². The number of nitrogens with one attached hydrogen (secondary N) is 1. The molecule has 1 atom stereocenters. The summed E-state index contributed by atoms with van der Waals surface area (Å²) in [6.07, 6.45) is -5.27. The molecule has 116 valence electrons. The number of H-pyrrole nitrogens is 1. The molecule has 0 saturated carbocycles. The summed E-state index contributed by atoms with van der Waals surface area (Å²) in [4.78, 5) is 19.7. The molecule has 0 aliphatic rings. The van der Waals surface area contributed by atoms with Gasteiger partial charge in [0.15, 0.2) is 0 Å². The van der Waals surface area contributed by atoms with Gasteiger partial charge in [-0.25, -0.2) is 9.38 Å². The van der Waals surface area contributed by atoms with Crippen molar-refractivity contribution in [2.45, 2.75) is 32.4 Å². The highest BCUT2D eigenvalue weighted by Gasteiger charge is 2.32. The molecule has 2 aromatic heterocycles. The Balaban J connectivity index is 2.24. The molecule has 1 N–H and O–H groups in total. The van der Waals surface area contributed by atoms with Crippen molar-refractivity contribution in [1.82, 2.24) is 14.4 Å². The SMILES string of the molecule is Cc1c(C(C)CC(F)(F)F)[nH]c2nc3ccccc3n2c1=O. The van der Waals surface area contributed by atoms with Crippen LogP contribution in [0.5, 0.6) is 0 Å². The molecule has 0 fully saturated rings. The maximum absolute atomic E-state index is 12.6. The van der Waals surface area contributed by atoms with Crippen LogP contribution < -0.4 is 5.56 Å². The highest BCUT2D eigenvalue weighted by Crippen LogP contribution is 2.31. The van der Waals surface area contributed by atoms with Crippen molar-refractivity contribution in [1.29, 1.82) is 0 Å². The molecule has 3 rings (SSSR count). The number of benzene rings is 1. The number of rotatable bonds is 2. The van der Waals surface area contributed by atoms with E-state index in [2.05, 4.69) is 9.97 Å². The normalized spacial score (nSPS) is 13.9. The Labute approximate surface area is 123 Å². The van der Waals surface area contributed by atoms with Gasteiger partial charge in [0.2, 0.25) is 5.78 Å². The Kier molecular flexibility index (Phi) is 3.23. The molecule has 2 heterocycles. The third kappa shape index (κ3) is 2.36. The van der Waals surface area contributed by atoms with E-state index in [4.69, 9.17) is 0 Å². The second-order valence-electron chi connectivity index (χ2n) is 5.45. The van der Waals surface area contributed by atoms with Gasteiger partial charge in [-0.15, -0.1) is 0 Å². The fraction of sp³-hybridized carbons (Fsp3) is 0.333. The molecule has 1 unspecified atom stereocenters. The molecule has 0 radical (unpaired) electrons. The molecule has 4 nitrogen and oxygen atoms in total. The number of hydrogen-bond donors (Lipinski definition) is 1. The maximum atomic E-state index is 12.6. The largest absolute Gasteiger partial charge is 0.389 e. The number of halogens is 3. The lowest BCUT2D eigenvalue weighted by molar-refractivity contribution is -0.138. The van der Waals surface area contributed by atoms with Crippen molar-refractivity contribution in [3.8, 4) is 0 Å². The molecule has 0 saturated heterocycles. The number of nitrogens with zero attached hydrogens (tertiary/aromatic N) is 2. The van der Waals surface area contributed by atoms with Crippen LogP contribution in [0.2, 0.25) is 0 Å². The standard InChI is InChI=1S/C15H14F3N3O/c1-8(7-15(16,17)18)12-9(2)13(22)21-11-6-4-3-5-10(11)19-14(21)20-12/h3-6,8H,7H2,1-2H3,(H,19,20). The molecular formula is C15H14F3N3O. The summed E-state index contributed by atoms with van der Waals surface area (Å²) >= 11 is 0. The van der Waals surface area contributed by atoms with Crippen molar-refractivity contribution in [3.63, 3.8) is 0 Å². The van der Waals surface area contributed by atoms with Crippen molar-refractivity contribution >= 4 is 16.8 Å². The minimum absolute atomic E-state index is 0.265. The van der Waals surface area contributed by atoms with Gasteiger partial charge in [-0.1, -0.05) is 19.1 Å². The Hall–Kier alpha value is -2.31. The zero-order chi connectivity index (χ0) is 16.1. The fourth-order valence-corrected chi connectivity index (χ4v) is 2.75. The van der Waals surface area contributed by atoms with Gasteiger partial charge >= 0.3 is 6.18 Å². The van der Waals surface area contributed by atoms with Crippen molar-refractivity contribution in [2.75, 3.05) is 0 Å². The smallest absolute Gasteiger partial charge is 0.328 e. The van der Waals surface area contributed by atoms with Crippen LogP contribution in [0.1, 0.15) is 30.5 Å². The monoisotopic (exact) mass is 309 g/mol. The van der Waals surface area contributed by atoms with Gasteiger partial charge in [-0.05, 0) is 19.1 Å². The molecule has 0 spiro atoms. The number of para-hydroxylation sites is 2. The van der Waals surface area contributed by atoms with Crippen molar-refractivity contribution in [2.24, 2.45) is 0 Å². The quantitative estimate of drug-likeness (QED) is 0.787. The lowest BCUT2D eigenvalue weighted by Crippen LogP contribution is -2.22. The summed E-state index contributed by atoms with van der Waals surface area (Å²) in [5, 5.41) is 0. The predicted octanol–water partition coefficient (Wildman–Crippen LogP) is 3.54. The van der Waals surface area contributed by atoms with Gasteiger partial charge in [0.05, 0.1) is 17.5 Å². The molecule has 22 heavy (non-hydrogen) atoms. The summed E-state index contributed by atoms with van der Waals surface area (Å²) in [6.45, 7) is 2.99. The van der Waals surface area contributed by atoms with E-state index in [0.717, 1.165) is 0 Å². The van der Waals surface area contributed by atoms with Crippen LogP contribution in [0.25, 0.3) is 16.8 Å². The van der Waals surface area contributed by atoms with E-state index in [1.807, 2.05) is 0 Å². The molecule has 1 aromatic carbocycles. The lowest BCUT2D eigenvalue weighted by Gasteiger charge is -2.16. The molecular weight excluding hydrogens is 295 g/mol. The number of hydrogen-bond acceptors (Lipinski definition) is 2. The average Bonchev–Trinajstić information content (AvgIpc) is 2.79. The van der Waals surface area contributed by atoms with Crippen LogP contribution in [0, 0.1) is 6.92 Å². The molecule has 7 heteroatoms. The lowest BCUT2D eigenvalue weighted by atomic mass is 10.00. The van der Waals surface area contributed by atoms with Gasteiger partial charge in [-0.3, -0.25) is 4.79 Å². The third-order valence-corrected chi connectivity index (χ3v) is 3.77. The maximum Gasteiger partial charge on any atom is 0.389 e. The second-order valence-corrected chi connectivity index (χ2v) is 5.45. The van der Waals surface area contributed by atoms with Crippen LogP contribution in [-0.4, -0.2) is 20.5 Å². The average molecular weight is 309 g/mol. The van der Waals surface area contributed by atoms with Crippen LogP contribution in [0.15, 0.2) is 29.1 Å². The number of imidazole rings is 1. The van der Waals surface area contributed by atoms with E-state index >= 15 is 0 Å². The number of aromatic nitrogens is 3. The molecule has 0 aliphatic carbocycles. The van der Waals surface area contributed by atoms with Gasteiger partial charge in [0, 0.05) is 17.2 Å². The van der Waals surface area contributed by atoms with Gasteiger partial charge in [-0.2, -0.15) is 13.2 Å².